The maximum Gasteiger partial charge on any atom is 0.269 e. The second-order valence-electron chi connectivity index (χ2n) is 11.5. The smallest absolute Gasteiger partial charge is 0.269 e. The number of aryl methyl sites for hydroxylation is 1. The van der Waals surface area contributed by atoms with E-state index in [9.17, 15) is 20.2 Å². The van der Waals surface area contributed by atoms with Crippen molar-refractivity contribution in [3.8, 4) is 23.0 Å². The highest BCUT2D eigenvalue weighted by molar-refractivity contribution is 5.47. The molecule has 1 fully saturated rings. The van der Waals surface area contributed by atoms with E-state index in [1.54, 1.807) is 24.3 Å². The van der Waals surface area contributed by atoms with Crippen LogP contribution >= 0.6 is 0 Å². The van der Waals surface area contributed by atoms with Crippen molar-refractivity contribution in [1.82, 2.24) is 0 Å². The van der Waals surface area contributed by atoms with Crippen LogP contribution in [0.2, 0.25) is 0 Å². The Morgan fingerprint density at radius 2 is 0.911 bits per heavy atom. The van der Waals surface area contributed by atoms with Gasteiger partial charge in [0.15, 0.2) is 0 Å². The number of hydrogen-bond acceptors (Lipinski definition) is 6. The highest BCUT2D eigenvalue weighted by atomic mass is 16.6. The summed E-state index contributed by atoms with van der Waals surface area (Å²) in [5.74, 6) is 2.87. The molecule has 45 heavy (non-hydrogen) atoms. The van der Waals surface area contributed by atoms with Crippen LogP contribution < -0.4 is 9.47 Å². The molecular weight excluding hydrogens is 568 g/mol. The SMILES string of the molecule is Cc1ccc(C2CCC(c3ccc(Oc4ccc([N+](=O)[O-])cc4)cc3)(c3ccc(Oc4ccc([N+](=O)[O-])cc4)cc3)CC2)cc1. The summed E-state index contributed by atoms with van der Waals surface area (Å²) in [6.07, 6.45) is 4.03. The van der Waals surface area contributed by atoms with Gasteiger partial charge in [0.1, 0.15) is 23.0 Å². The Morgan fingerprint density at radius 3 is 1.27 bits per heavy atom. The van der Waals surface area contributed by atoms with E-state index in [1.165, 1.54) is 46.5 Å². The molecule has 0 unspecified atom stereocenters. The summed E-state index contributed by atoms with van der Waals surface area (Å²) in [4.78, 5) is 21.1. The second-order valence-corrected chi connectivity index (χ2v) is 11.5. The molecule has 0 spiro atoms. The van der Waals surface area contributed by atoms with Gasteiger partial charge in [-0.15, -0.1) is 0 Å². The van der Waals surface area contributed by atoms with E-state index >= 15 is 0 Å². The summed E-state index contributed by atoms with van der Waals surface area (Å²) in [7, 11) is 0. The normalized spacial score (nSPS) is 14.4. The largest absolute Gasteiger partial charge is 0.457 e. The first-order chi connectivity index (χ1) is 21.8. The summed E-state index contributed by atoms with van der Waals surface area (Å²) < 4.78 is 12.0. The van der Waals surface area contributed by atoms with E-state index in [0.29, 0.717) is 28.9 Å². The number of rotatable bonds is 9. The topological polar surface area (TPSA) is 105 Å². The number of nitrogens with zero attached hydrogens (tertiary/aromatic N) is 2. The van der Waals surface area contributed by atoms with Crippen LogP contribution in [0.15, 0.2) is 121 Å². The van der Waals surface area contributed by atoms with Crippen molar-refractivity contribution < 1.29 is 19.3 Å². The minimum atomic E-state index is -0.431. The van der Waals surface area contributed by atoms with Crippen LogP contribution in [0.1, 0.15) is 53.9 Å². The van der Waals surface area contributed by atoms with E-state index in [2.05, 4.69) is 55.5 Å². The van der Waals surface area contributed by atoms with Gasteiger partial charge in [0.2, 0.25) is 0 Å². The van der Waals surface area contributed by atoms with Gasteiger partial charge in [-0.3, -0.25) is 20.2 Å². The molecule has 0 aromatic heterocycles. The van der Waals surface area contributed by atoms with Crippen LogP contribution in [-0.4, -0.2) is 9.85 Å². The molecule has 1 aliphatic carbocycles. The van der Waals surface area contributed by atoms with Crippen molar-refractivity contribution in [3.63, 3.8) is 0 Å². The molecule has 0 N–H and O–H groups in total. The minimum absolute atomic E-state index is 0.0186. The van der Waals surface area contributed by atoms with Crippen molar-refractivity contribution in [2.75, 3.05) is 0 Å². The van der Waals surface area contributed by atoms with Crippen molar-refractivity contribution in [1.29, 1.82) is 0 Å². The molecule has 5 aromatic carbocycles. The summed E-state index contributed by atoms with van der Waals surface area (Å²) in [5.41, 5.74) is 4.87. The van der Waals surface area contributed by atoms with E-state index in [1.807, 2.05) is 24.3 Å². The van der Waals surface area contributed by atoms with Gasteiger partial charge >= 0.3 is 0 Å². The Balaban J connectivity index is 1.25. The van der Waals surface area contributed by atoms with Crippen LogP contribution in [0.3, 0.4) is 0 Å². The van der Waals surface area contributed by atoms with Crippen molar-refractivity contribution in [3.05, 3.63) is 164 Å². The number of ether oxygens (including phenoxy) is 2. The molecule has 8 heteroatoms. The van der Waals surface area contributed by atoms with Crippen LogP contribution in [-0.2, 0) is 5.41 Å². The Morgan fingerprint density at radius 1 is 0.556 bits per heavy atom. The lowest BCUT2D eigenvalue weighted by atomic mass is 9.62. The van der Waals surface area contributed by atoms with Crippen LogP contribution in [0.25, 0.3) is 0 Å². The van der Waals surface area contributed by atoms with E-state index in [-0.39, 0.29) is 16.8 Å². The van der Waals surface area contributed by atoms with Crippen LogP contribution in [0.5, 0.6) is 23.0 Å². The van der Waals surface area contributed by atoms with Gasteiger partial charge in [-0.25, -0.2) is 0 Å². The Hall–Kier alpha value is -5.50. The average molecular weight is 601 g/mol. The zero-order chi connectivity index (χ0) is 31.4. The summed E-state index contributed by atoms with van der Waals surface area (Å²) in [5, 5.41) is 22.0. The predicted molar refractivity (Wildman–Crippen MR) is 172 cm³/mol. The van der Waals surface area contributed by atoms with Gasteiger partial charge in [0.05, 0.1) is 9.85 Å². The third-order valence-corrected chi connectivity index (χ3v) is 8.77. The zero-order valence-electron chi connectivity index (χ0n) is 24.8. The fourth-order valence-electron chi connectivity index (χ4n) is 6.25. The first kappa shape index (κ1) is 29.6. The lowest BCUT2D eigenvalue weighted by Crippen LogP contribution is -2.32. The maximum absolute atomic E-state index is 11.0. The fraction of sp³-hybridized carbons (Fsp3) is 0.189. The molecule has 0 heterocycles. The Bertz CT molecular complexity index is 1670. The molecule has 0 amide bonds. The molecule has 8 nitrogen and oxygen atoms in total. The average Bonchev–Trinajstić information content (AvgIpc) is 3.06. The fourth-order valence-corrected chi connectivity index (χ4v) is 6.25. The molecule has 0 atom stereocenters. The number of hydrogen-bond donors (Lipinski definition) is 0. The standard InChI is InChI=1S/C37H32N2O6/c1-26-2-4-27(5-3-26)28-22-24-37(25-23-28,29-6-14-33(15-7-29)44-35-18-10-31(11-19-35)38(40)41)30-8-16-34(17-9-30)45-36-20-12-32(13-21-36)39(42)43/h2-21,28H,22-25H2,1H3. The second kappa shape index (κ2) is 12.6. The van der Waals surface area contributed by atoms with Gasteiger partial charge in [-0.1, -0.05) is 54.1 Å². The molecule has 1 aliphatic rings. The molecular formula is C37H32N2O6. The first-order valence-corrected chi connectivity index (χ1v) is 14.9. The lowest BCUT2D eigenvalue weighted by Gasteiger charge is -2.41. The van der Waals surface area contributed by atoms with Gasteiger partial charge < -0.3 is 9.47 Å². The maximum atomic E-state index is 11.0. The van der Waals surface area contributed by atoms with E-state index < -0.39 is 9.85 Å². The highest BCUT2D eigenvalue weighted by Gasteiger charge is 2.39. The summed E-state index contributed by atoms with van der Waals surface area (Å²) in [6, 6.07) is 37.3. The number of nitro groups is 2. The molecule has 6 rings (SSSR count). The van der Waals surface area contributed by atoms with Gasteiger partial charge in [-0.2, -0.15) is 0 Å². The highest BCUT2D eigenvalue weighted by Crippen LogP contribution is 2.49. The molecule has 1 saturated carbocycles. The quantitative estimate of drug-likeness (QED) is 0.123. The summed E-state index contributed by atoms with van der Waals surface area (Å²) >= 11 is 0. The monoisotopic (exact) mass is 600 g/mol. The third kappa shape index (κ3) is 6.55. The molecule has 0 radical (unpaired) electrons. The molecule has 0 saturated heterocycles. The number of non-ortho nitro benzene ring substituents is 2. The number of benzene rings is 5. The van der Waals surface area contributed by atoms with E-state index in [0.717, 1.165) is 25.7 Å². The molecule has 5 aromatic rings. The van der Waals surface area contributed by atoms with Gasteiger partial charge in [0.25, 0.3) is 11.4 Å². The third-order valence-electron chi connectivity index (χ3n) is 8.77. The van der Waals surface area contributed by atoms with Gasteiger partial charge in [0, 0.05) is 29.7 Å². The van der Waals surface area contributed by atoms with Gasteiger partial charge in [-0.05, 0) is 104 Å². The van der Waals surface area contributed by atoms with E-state index in [4.69, 9.17) is 9.47 Å². The van der Waals surface area contributed by atoms with Crippen molar-refractivity contribution in [2.45, 2.75) is 43.9 Å². The minimum Gasteiger partial charge on any atom is -0.457 e. The molecule has 0 aliphatic heterocycles. The van der Waals surface area contributed by atoms with Crippen LogP contribution in [0, 0.1) is 27.2 Å². The predicted octanol–water partition coefficient (Wildman–Crippen LogP) is 10.0. The van der Waals surface area contributed by atoms with Crippen LogP contribution in [0.4, 0.5) is 11.4 Å². The van der Waals surface area contributed by atoms with Crippen molar-refractivity contribution in [2.24, 2.45) is 0 Å². The Kier molecular flexibility index (Phi) is 8.29. The zero-order valence-corrected chi connectivity index (χ0v) is 24.8. The molecule has 226 valence electrons. The van der Waals surface area contributed by atoms with Crippen molar-refractivity contribution >= 4 is 11.4 Å². The Labute approximate surface area is 261 Å². The summed E-state index contributed by atoms with van der Waals surface area (Å²) in [6.45, 7) is 2.11. The number of nitro benzene ring substituents is 2. The lowest BCUT2D eigenvalue weighted by molar-refractivity contribution is -0.385. The first-order valence-electron chi connectivity index (χ1n) is 14.9. The molecule has 0 bridgehead atoms.